The monoisotopic (exact) mass is 266 g/mol. The zero-order chi connectivity index (χ0) is 13.9. The van der Waals surface area contributed by atoms with Crippen molar-refractivity contribution >= 4 is 5.97 Å². The summed E-state index contributed by atoms with van der Waals surface area (Å²) in [5.41, 5.74) is 3.62. The molecular formula is C18H18O2. The fraction of sp³-hybridized carbons (Fsp3) is 0.278. The van der Waals surface area contributed by atoms with Crippen LogP contribution < -0.4 is 0 Å². The van der Waals surface area contributed by atoms with E-state index in [4.69, 9.17) is 4.74 Å². The smallest absolute Gasteiger partial charge is 0.313 e. The van der Waals surface area contributed by atoms with E-state index in [9.17, 15) is 4.79 Å². The SMILES string of the molecule is COC(=O)[C@@H]1c2ccccc2CC[C@H]1c1ccccc1. The highest BCUT2D eigenvalue weighted by Gasteiger charge is 2.36. The van der Waals surface area contributed by atoms with E-state index in [0.29, 0.717) is 0 Å². The highest BCUT2D eigenvalue weighted by atomic mass is 16.5. The third-order valence-corrected chi connectivity index (χ3v) is 4.20. The van der Waals surface area contributed by atoms with Crippen molar-refractivity contribution in [1.82, 2.24) is 0 Å². The van der Waals surface area contributed by atoms with E-state index in [0.717, 1.165) is 18.4 Å². The van der Waals surface area contributed by atoms with Gasteiger partial charge in [-0.15, -0.1) is 0 Å². The number of carbonyl (C=O) groups is 1. The van der Waals surface area contributed by atoms with Crippen LogP contribution in [0.4, 0.5) is 0 Å². The second kappa shape index (κ2) is 5.49. The number of methoxy groups -OCH3 is 1. The third-order valence-electron chi connectivity index (χ3n) is 4.20. The molecule has 0 radical (unpaired) electrons. The van der Waals surface area contributed by atoms with Crippen LogP contribution >= 0.6 is 0 Å². The van der Waals surface area contributed by atoms with Gasteiger partial charge in [-0.25, -0.2) is 0 Å². The summed E-state index contributed by atoms with van der Waals surface area (Å²) in [6.07, 6.45) is 2.00. The standard InChI is InChI=1S/C18H18O2/c1-20-18(19)17-15-10-6-5-9-14(15)11-12-16(17)13-7-3-2-4-8-13/h2-10,16-17H,11-12H2,1H3/t16-,17+/m0/s1. The molecule has 2 heteroatoms. The lowest BCUT2D eigenvalue weighted by Crippen LogP contribution is -2.27. The topological polar surface area (TPSA) is 26.3 Å². The number of ether oxygens (including phenoxy) is 1. The molecule has 2 aromatic carbocycles. The van der Waals surface area contributed by atoms with E-state index in [1.54, 1.807) is 0 Å². The molecule has 2 aromatic rings. The maximum atomic E-state index is 12.3. The Balaban J connectivity index is 2.06. The minimum absolute atomic E-state index is 0.133. The van der Waals surface area contributed by atoms with Gasteiger partial charge in [-0.1, -0.05) is 54.6 Å². The van der Waals surface area contributed by atoms with Crippen LogP contribution in [-0.2, 0) is 16.0 Å². The average Bonchev–Trinajstić information content (AvgIpc) is 2.54. The molecule has 1 aliphatic rings. The Morgan fingerprint density at radius 2 is 1.75 bits per heavy atom. The molecule has 3 rings (SSSR count). The first-order chi connectivity index (χ1) is 9.81. The predicted molar refractivity (Wildman–Crippen MR) is 78.7 cm³/mol. The molecule has 0 unspecified atom stereocenters. The summed E-state index contributed by atoms with van der Waals surface area (Å²) in [5, 5.41) is 0. The van der Waals surface area contributed by atoms with Crippen molar-refractivity contribution in [3.8, 4) is 0 Å². The average molecular weight is 266 g/mol. The number of fused-ring (bicyclic) bond motifs is 1. The Labute approximate surface area is 119 Å². The van der Waals surface area contributed by atoms with Gasteiger partial charge in [-0.2, -0.15) is 0 Å². The first-order valence-corrected chi connectivity index (χ1v) is 7.02. The van der Waals surface area contributed by atoms with E-state index in [2.05, 4.69) is 24.3 Å². The van der Waals surface area contributed by atoms with Gasteiger partial charge in [0.05, 0.1) is 13.0 Å². The summed E-state index contributed by atoms with van der Waals surface area (Å²) in [5.74, 6) is -0.114. The number of hydrogen-bond acceptors (Lipinski definition) is 2. The van der Waals surface area contributed by atoms with Gasteiger partial charge >= 0.3 is 5.97 Å². The first-order valence-electron chi connectivity index (χ1n) is 7.02. The van der Waals surface area contributed by atoms with Gasteiger partial charge in [0.15, 0.2) is 0 Å². The normalized spacial score (nSPS) is 21.1. The highest BCUT2D eigenvalue weighted by Crippen LogP contribution is 2.42. The number of carbonyl (C=O) groups excluding carboxylic acids is 1. The number of rotatable bonds is 2. The van der Waals surface area contributed by atoms with Gasteiger partial charge in [-0.05, 0) is 29.5 Å². The Bertz CT molecular complexity index is 604. The summed E-state index contributed by atoms with van der Waals surface area (Å²) < 4.78 is 5.06. The number of esters is 1. The minimum atomic E-state index is -0.188. The van der Waals surface area contributed by atoms with E-state index in [-0.39, 0.29) is 17.8 Å². The van der Waals surface area contributed by atoms with Crippen molar-refractivity contribution in [3.63, 3.8) is 0 Å². The van der Waals surface area contributed by atoms with Gasteiger partial charge in [-0.3, -0.25) is 4.79 Å². The Kier molecular flexibility index (Phi) is 3.55. The third kappa shape index (κ3) is 2.22. The maximum absolute atomic E-state index is 12.3. The summed E-state index contributed by atoms with van der Waals surface area (Å²) in [7, 11) is 1.47. The van der Waals surface area contributed by atoms with Gasteiger partial charge in [0.25, 0.3) is 0 Å². The zero-order valence-electron chi connectivity index (χ0n) is 11.6. The van der Waals surface area contributed by atoms with Crippen LogP contribution in [0.5, 0.6) is 0 Å². The van der Waals surface area contributed by atoms with Crippen molar-refractivity contribution in [2.24, 2.45) is 0 Å². The predicted octanol–water partition coefficient (Wildman–Crippen LogP) is 3.67. The summed E-state index contributed by atoms with van der Waals surface area (Å²) in [4.78, 5) is 12.3. The molecule has 0 N–H and O–H groups in total. The molecule has 0 amide bonds. The molecule has 102 valence electrons. The van der Waals surface area contributed by atoms with Crippen LogP contribution in [0.1, 0.15) is 34.9 Å². The lowest BCUT2D eigenvalue weighted by Gasteiger charge is -2.32. The maximum Gasteiger partial charge on any atom is 0.313 e. The second-order valence-corrected chi connectivity index (χ2v) is 5.26. The van der Waals surface area contributed by atoms with E-state index in [1.807, 2.05) is 30.3 Å². The first kappa shape index (κ1) is 12.9. The Hall–Kier alpha value is -2.09. The molecular weight excluding hydrogens is 248 g/mol. The number of aryl methyl sites for hydroxylation is 1. The summed E-state index contributed by atoms with van der Waals surface area (Å²) in [6.45, 7) is 0. The molecule has 1 aliphatic carbocycles. The zero-order valence-corrected chi connectivity index (χ0v) is 11.6. The Morgan fingerprint density at radius 3 is 2.50 bits per heavy atom. The van der Waals surface area contributed by atoms with Crippen LogP contribution in [-0.4, -0.2) is 13.1 Å². The molecule has 2 atom stereocenters. The van der Waals surface area contributed by atoms with Crippen LogP contribution in [0.2, 0.25) is 0 Å². The number of benzene rings is 2. The van der Waals surface area contributed by atoms with Crippen LogP contribution in [0.15, 0.2) is 54.6 Å². The van der Waals surface area contributed by atoms with Crippen molar-refractivity contribution in [3.05, 3.63) is 71.3 Å². The molecule has 0 aliphatic heterocycles. The van der Waals surface area contributed by atoms with Crippen molar-refractivity contribution < 1.29 is 9.53 Å². The van der Waals surface area contributed by atoms with Crippen LogP contribution in [0.3, 0.4) is 0 Å². The molecule has 0 saturated heterocycles. The molecule has 0 spiro atoms. The summed E-state index contributed by atoms with van der Waals surface area (Å²) >= 11 is 0. The fourth-order valence-electron chi connectivity index (χ4n) is 3.24. The van der Waals surface area contributed by atoms with Crippen molar-refractivity contribution in [2.75, 3.05) is 7.11 Å². The lowest BCUT2D eigenvalue weighted by molar-refractivity contribution is -0.143. The molecule has 0 heterocycles. The quantitative estimate of drug-likeness (QED) is 0.775. The van der Waals surface area contributed by atoms with Crippen LogP contribution in [0.25, 0.3) is 0 Å². The highest BCUT2D eigenvalue weighted by molar-refractivity contribution is 5.80. The van der Waals surface area contributed by atoms with Crippen LogP contribution in [0, 0.1) is 0 Å². The van der Waals surface area contributed by atoms with Gasteiger partial charge in [0.2, 0.25) is 0 Å². The molecule has 0 fully saturated rings. The fourth-order valence-corrected chi connectivity index (χ4v) is 3.24. The second-order valence-electron chi connectivity index (χ2n) is 5.26. The van der Waals surface area contributed by atoms with E-state index in [1.165, 1.54) is 18.2 Å². The van der Waals surface area contributed by atoms with Gasteiger partial charge < -0.3 is 4.74 Å². The largest absolute Gasteiger partial charge is 0.469 e. The Morgan fingerprint density at radius 1 is 1.05 bits per heavy atom. The molecule has 0 bridgehead atoms. The number of hydrogen-bond donors (Lipinski definition) is 0. The molecule has 0 aromatic heterocycles. The molecule has 20 heavy (non-hydrogen) atoms. The van der Waals surface area contributed by atoms with Gasteiger partial charge in [0, 0.05) is 5.92 Å². The van der Waals surface area contributed by atoms with Crippen molar-refractivity contribution in [1.29, 1.82) is 0 Å². The minimum Gasteiger partial charge on any atom is -0.469 e. The summed E-state index contributed by atoms with van der Waals surface area (Å²) in [6, 6.07) is 18.5. The van der Waals surface area contributed by atoms with E-state index >= 15 is 0 Å². The van der Waals surface area contributed by atoms with Gasteiger partial charge in [0.1, 0.15) is 0 Å². The lowest BCUT2D eigenvalue weighted by atomic mass is 9.72. The van der Waals surface area contributed by atoms with E-state index < -0.39 is 0 Å². The molecule has 0 saturated carbocycles. The molecule has 2 nitrogen and oxygen atoms in total. The van der Waals surface area contributed by atoms with Crippen molar-refractivity contribution in [2.45, 2.75) is 24.7 Å².